The van der Waals surface area contributed by atoms with Gasteiger partial charge >= 0.3 is 5.97 Å². The zero-order valence-electron chi connectivity index (χ0n) is 13.7. The molecule has 0 fully saturated rings. The first-order valence-electron chi connectivity index (χ1n) is 7.58. The van der Waals surface area contributed by atoms with Crippen LogP contribution in [0.3, 0.4) is 0 Å². The molecule has 0 aliphatic carbocycles. The lowest BCUT2D eigenvalue weighted by atomic mass is 10.2. The molecule has 1 unspecified atom stereocenters. The maximum atomic E-state index is 12.2. The van der Waals surface area contributed by atoms with Gasteiger partial charge in [-0.25, -0.2) is 9.48 Å². The Balaban J connectivity index is 1.60. The molecular weight excluding hydrogens is 324 g/mol. The molecule has 0 aliphatic heterocycles. The van der Waals surface area contributed by atoms with Crippen molar-refractivity contribution in [2.24, 2.45) is 0 Å². The third kappa shape index (κ3) is 3.92. The van der Waals surface area contributed by atoms with Crippen molar-refractivity contribution in [2.75, 3.05) is 5.32 Å². The number of nitrogens with zero attached hydrogens (tertiary/aromatic N) is 3. The third-order valence-corrected chi connectivity index (χ3v) is 3.40. The summed E-state index contributed by atoms with van der Waals surface area (Å²) in [5.41, 5.74) is 1.15. The van der Waals surface area contributed by atoms with Crippen molar-refractivity contribution in [3.8, 4) is 5.69 Å². The van der Waals surface area contributed by atoms with E-state index < -0.39 is 18.0 Å². The summed E-state index contributed by atoms with van der Waals surface area (Å²) in [6.45, 7) is 3.19. The normalized spacial score (nSPS) is 11.8. The summed E-state index contributed by atoms with van der Waals surface area (Å²) in [7, 11) is 0. The largest absolute Gasteiger partial charge is 0.449 e. The van der Waals surface area contributed by atoms with Crippen molar-refractivity contribution in [1.82, 2.24) is 14.9 Å². The highest BCUT2D eigenvalue weighted by atomic mass is 16.5. The molecule has 0 bridgehead atoms. The first-order chi connectivity index (χ1) is 12.0. The van der Waals surface area contributed by atoms with E-state index in [1.54, 1.807) is 60.4 Å². The second kappa shape index (κ2) is 7.00. The Morgan fingerprint density at radius 1 is 1.28 bits per heavy atom. The number of aromatic nitrogens is 3. The highest BCUT2D eigenvalue weighted by molar-refractivity contribution is 5.96. The number of aryl methyl sites for hydroxylation is 1. The van der Waals surface area contributed by atoms with Gasteiger partial charge in [-0.3, -0.25) is 4.79 Å². The average molecular weight is 340 g/mol. The van der Waals surface area contributed by atoms with Crippen LogP contribution in [0.5, 0.6) is 0 Å². The molecule has 3 rings (SSSR count). The molecule has 8 heteroatoms. The van der Waals surface area contributed by atoms with E-state index in [4.69, 9.17) is 9.26 Å². The molecule has 1 atom stereocenters. The number of nitrogens with one attached hydrogen (secondary N) is 1. The molecule has 0 spiro atoms. The molecule has 25 heavy (non-hydrogen) atoms. The fraction of sp³-hybridized carbons (Fsp3) is 0.176. The molecule has 8 nitrogen and oxygen atoms in total. The van der Waals surface area contributed by atoms with Crippen LogP contribution >= 0.6 is 0 Å². The van der Waals surface area contributed by atoms with Gasteiger partial charge in [0.15, 0.2) is 11.9 Å². The van der Waals surface area contributed by atoms with Crippen molar-refractivity contribution in [2.45, 2.75) is 20.0 Å². The van der Waals surface area contributed by atoms with Crippen molar-refractivity contribution in [3.63, 3.8) is 0 Å². The van der Waals surface area contributed by atoms with Crippen LogP contribution in [0.4, 0.5) is 5.82 Å². The number of benzene rings is 1. The Bertz CT molecular complexity index is 868. The summed E-state index contributed by atoms with van der Waals surface area (Å²) >= 11 is 0. The van der Waals surface area contributed by atoms with Gasteiger partial charge in [0.1, 0.15) is 5.76 Å². The topological polar surface area (TPSA) is 99.2 Å². The number of anilines is 1. The zero-order valence-corrected chi connectivity index (χ0v) is 13.7. The Morgan fingerprint density at radius 2 is 2.04 bits per heavy atom. The van der Waals surface area contributed by atoms with E-state index in [2.05, 4.69) is 15.6 Å². The van der Waals surface area contributed by atoms with Crippen molar-refractivity contribution in [1.29, 1.82) is 0 Å². The fourth-order valence-electron chi connectivity index (χ4n) is 2.11. The first kappa shape index (κ1) is 16.4. The van der Waals surface area contributed by atoms with E-state index in [0.29, 0.717) is 11.3 Å². The molecule has 0 saturated heterocycles. The Hall–Kier alpha value is -3.42. The molecule has 0 radical (unpaired) electrons. The van der Waals surface area contributed by atoms with Crippen LogP contribution in [0.2, 0.25) is 0 Å². The predicted octanol–water partition coefficient (Wildman–Crippen LogP) is 2.35. The molecule has 1 amide bonds. The molecular formula is C17H16N4O4. The van der Waals surface area contributed by atoms with Crippen molar-refractivity contribution >= 4 is 17.7 Å². The van der Waals surface area contributed by atoms with Crippen LogP contribution < -0.4 is 5.32 Å². The van der Waals surface area contributed by atoms with Gasteiger partial charge in [0.05, 0.1) is 11.3 Å². The quantitative estimate of drug-likeness (QED) is 0.716. The summed E-state index contributed by atoms with van der Waals surface area (Å²) in [5.74, 6) is -0.244. The van der Waals surface area contributed by atoms with E-state index in [0.717, 1.165) is 5.69 Å². The second-order valence-electron chi connectivity index (χ2n) is 5.36. The molecule has 3 aromatic rings. The van der Waals surface area contributed by atoms with Crippen LogP contribution in [-0.2, 0) is 9.53 Å². The Morgan fingerprint density at radius 3 is 2.64 bits per heavy atom. The highest BCUT2D eigenvalue weighted by Crippen LogP contribution is 2.12. The van der Waals surface area contributed by atoms with Crippen LogP contribution in [-0.4, -0.2) is 32.9 Å². The lowest BCUT2D eigenvalue weighted by molar-refractivity contribution is -0.123. The van der Waals surface area contributed by atoms with Crippen LogP contribution in [0.1, 0.15) is 23.0 Å². The maximum absolute atomic E-state index is 12.2. The number of amides is 1. The fourth-order valence-corrected chi connectivity index (χ4v) is 2.11. The number of ether oxygens (including phenoxy) is 1. The van der Waals surface area contributed by atoms with E-state index in [1.165, 1.54) is 6.92 Å². The molecule has 128 valence electrons. The van der Waals surface area contributed by atoms with Gasteiger partial charge in [-0.2, -0.15) is 5.10 Å². The minimum absolute atomic E-state index is 0.272. The molecule has 0 aliphatic rings. The van der Waals surface area contributed by atoms with E-state index in [-0.39, 0.29) is 5.82 Å². The van der Waals surface area contributed by atoms with Gasteiger partial charge in [0, 0.05) is 18.5 Å². The first-order valence-corrected chi connectivity index (χ1v) is 7.58. The van der Waals surface area contributed by atoms with Gasteiger partial charge in [0.25, 0.3) is 5.91 Å². The number of hydrogen-bond donors (Lipinski definition) is 1. The number of rotatable bonds is 5. The molecule has 2 heterocycles. The summed E-state index contributed by atoms with van der Waals surface area (Å²) in [6, 6.07) is 10.1. The summed E-state index contributed by atoms with van der Waals surface area (Å²) in [4.78, 5) is 24.2. The zero-order chi connectivity index (χ0) is 17.8. The standard InChI is InChI=1S/C17H16N4O4/c1-11-10-15(20-25-11)19-16(22)12(2)24-17(23)13-4-6-14(7-5-13)21-9-3-8-18-21/h3-10,12H,1-2H3,(H,19,20,22). The van der Waals surface area contributed by atoms with Gasteiger partial charge in [-0.05, 0) is 44.2 Å². The number of hydrogen-bond acceptors (Lipinski definition) is 6. The van der Waals surface area contributed by atoms with Crippen molar-refractivity contribution in [3.05, 3.63) is 60.1 Å². The monoisotopic (exact) mass is 340 g/mol. The molecule has 2 aromatic heterocycles. The van der Waals surface area contributed by atoms with Gasteiger partial charge in [0.2, 0.25) is 0 Å². The molecule has 0 saturated carbocycles. The highest BCUT2D eigenvalue weighted by Gasteiger charge is 2.20. The number of carbonyl (C=O) groups excluding carboxylic acids is 2. The lowest BCUT2D eigenvalue weighted by Gasteiger charge is -2.12. The summed E-state index contributed by atoms with van der Waals surface area (Å²) < 4.78 is 11.7. The van der Waals surface area contributed by atoms with Crippen LogP contribution in [0.25, 0.3) is 5.69 Å². The van der Waals surface area contributed by atoms with Crippen LogP contribution in [0.15, 0.2) is 53.3 Å². The second-order valence-corrected chi connectivity index (χ2v) is 5.36. The minimum Gasteiger partial charge on any atom is -0.449 e. The number of carbonyl (C=O) groups is 2. The molecule has 1 N–H and O–H groups in total. The predicted molar refractivity (Wildman–Crippen MR) is 88.3 cm³/mol. The average Bonchev–Trinajstić information content (AvgIpc) is 3.27. The minimum atomic E-state index is -0.977. The van der Waals surface area contributed by atoms with Gasteiger partial charge < -0.3 is 14.6 Å². The Kier molecular flexibility index (Phi) is 4.60. The maximum Gasteiger partial charge on any atom is 0.338 e. The summed E-state index contributed by atoms with van der Waals surface area (Å²) in [5, 5.41) is 10.3. The van der Waals surface area contributed by atoms with Gasteiger partial charge in [-0.15, -0.1) is 0 Å². The lowest BCUT2D eigenvalue weighted by Crippen LogP contribution is -2.30. The molecule has 1 aromatic carbocycles. The van der Waals surface area contributed by atoms with Crippen molar-refractivity contribution < 1.29 is 18.8 Å². The van der Waals surface area contributed by atoms with E-state index >= 15 is 0 Å². The summed E-state index contributed by atoms with van der Waals surface area (Å²) in [6.07, 6.45) is 2.49. The van der Waals surface area contributed by atoms with E-state index in [1.807, 2.05) is 0 Å². The van der Waals surface area contributed by atoms with Gasteiger partial charge in [-0.1, -0.05) is 5.16 Å². The third-order valence-electron chi connectivity index (χ3n) is 3.40. The SMILES string of the molecule is Cc1cc(NC(=O)C(C)OC(=O)c2ccc(-n3cccn3)cc2)no1. The Labute approximate surface area is 143 Å². The van der Waals surface area contributed by atoms with E-state index in [9.17, 15) is 9.59 Å². The van der Waals surface area contributed by atoms with Crippen LogP contribution in [0, 0.1) is 6.92 Å². The smallest absolute Gasteiger partial charge is 0.338 e. The number of esters is 1.